The molecule has 1 saturated heterocycles. The number of nitrogens with zero attached hydrogens (tertiary/aromatic N) is 3. The van der Waals surface area contributed by atoms with E-state index in [0.717, 1.165) is 6.42 Å². The quantitative estimate of drug-likeness (QED) is 0.770. The molecule has 1 aromatic heterocycles. The van der Waals surface area contributed by atoms with Crippen LogP contribution in [0.15, 0.2) is 28.8 Å². The third kappa shape index (κ3) is 5.15. The second-order valence-electron chi connectivity index (χ2n) is 8.37. The lowest BCUT2D eigenvalue weighted by Crippen LogP contribution is -2.62. The van der Waals surface area contributed by atoms with Crippen molar-refractivity contribution >= 4 is 23.4 Å². The first-order valence-electron chi connectivity index (χ1n) is 9.95. The largest absolute Gasteiger partial charge is 0.350 e. The minimum atomic E-state index is -0.539. The normalized spacial score (nSPS) is 19.7. The van der Waals surface area contributed by atoms with Gasteiger partial charge in [-0.3, -0.25) is 9.59 Å². The molecule has 0 aliphatic carbocycles. The molecule has 29 heavy (non-hydrogen) atoms. The van der Waals surface area contributed by atoms with Gasteiger partial charge in [-0.05, 0) is 48.9 Å². The van der Waals surface area contributed by atoms with Crippen molar-refractivity contribution in [1.29, 1.82) is 0 Å². The number of carbonyl (C=O) groups excluding carboxylic acids is 2. The Hall–Kier alpha value is -2.41. The predicted molar refractivity (Wildman–Crippen MR) is 110 cm³/mol. The summed E-state index contributed by atoms with van der Waals surface area (Å²) < 4.78 is 5.28. The summed E-state index contributed by atoms with van der Waals surface area (Å²) in [6, 6.07) is 6.30. The van der Waals surface area contributed by atoms with Gasteiger partial charge in [0.25, 0.3) is 17.6 Å². The highest BCUT2D eigenvalue weighted by molar-refractivity contribution is 6.30. The molecular weight excluding hydrogens is 392 g/mol. The molecule has 7 nitrogen and oxygen atoms in total. The Kier molecular flexibility index (Phi) is 6.57. The van der Waals surface area contributed by atoms with Crippen LogP contribution in [0.25, 0.3) is 11.5 Å². The summed E-state index contributed by atoms with van der Waals surface area (Å²) in [7, 11) is 0. The fourth-order valence-electron chi connectivity index (χ4n) is 3.61. The second-order valence-corrected chi connectivity index (χ2v) is 8.80. The number of rotatable bonds is 6. The van der Waals surface area contributed by atoms with Gasteiger partial charge in [0.15, 0.2) is 0 Å². The molecule has 3 rings (SSSR count). The van der Waals surface area contributed by atoms with Crippen molar-refractivity contribution in [1.82, 2.24) is 20.4 Å². The molecule has 1 aromatic carbocycles. The molecule has 0 bridgehead atoms. The smallest absolute Gasteiger partial charge is 0.296 e. The summed E-state index contributed by atoms with van der Waals surface area (Å²) in [6.45, 7) is 8.68. The zero-order valence-corrected chi connectivity index (χ0v) is 17.9. The molecule has 0 saturated carbocycles. The van der Waals surface area contributed by atoms with Gasteiger partial charge in [0.2, 0.25) is 5.91 Å². The molecule has 1 aliphatic heterocycles. The van der Waals surface area contributed by atoms with Crippen LogP contribution in [0.3, 0.4) is 0 Å². The van der Waals surface area contributed by atoms with Crippen molar-refractivity contribution in [2.45, 2.75) is 52.6 Å². The third-order valence-corrected chi connectivity index (χ3v) is 5.11. The van der Waals surface area contributed by atoms with Crippen LogP contribution in [0.2, 0.25) is 5.02 Å². The van der Waals surface area contributed by atoms with Gasteiger partial charge in [-0.2, -0.15) is 4.98 Å². The van der Waals surface area contributed by atoms with Crippen LogP contribution in [-0.4, -0.2) is 45.5 Å². The van der Waals surface area contributed by atoms with Gasteiger partial charge in [-0.25, -0.2) is 0 Å². The number of nitrogens with one attached hydrogen (secondary N) is 1. The summed E-state index contributed by atoms with van der Waals surface area (Å²) in [5, 5.41) is 7.53. The molecule has 2 atom stereocenters. The SMILES string of the molecule is CC(C)C[C@H]1CN(C(=O)c2noc(-c3ccc(Cl)cc3)n2)[C@@H](CC(C)C)C(=O)N1. The van der Waals surface area contributed by atoms with Crippen molar-refractivity contribution in [2.24, 2.45) is 11.8 Å². The molecule has 156 valence electrons. The maximum atomic E-state index is 13.2. The predicted octanol–water partition coefficient (Wildman–Crippen LogP) is 3.79. The highest BCUT2D eigenvalue weighted by Crippen LogP contribution is 2.23. The number of benzene rings is 1. The fourth-order valence-corrected chi connectivity index (χ4v) is 3.73. The van der Waals surface area contributed by atoms with E-state index in [1.165, 1.54) is 0 Å². The standard InChI is InChI=1S/C21H27ClN4O3/c1-12(2)9-16-11-26(17(10-13(3)4)19(27)23-16)21(28)18-24-20(29-25-18)14-5-7-15(22)8-6-14/h5-8,12-13,16-17H,9-11H2,1-4H3,(H,23,27)/t16-,17-/m0/s1. The van der Waals surface area contributed by atoms with Crippen molar-refractivity contribution in [3.63, 3.8) is 0 Å². The highest BCUT2D eigenvalue weighted by Gasteiger charge is 2.39. The molecule has 0 radical (unpaired) electrons. The van der Waals surface area contributed by atoms with Crippen LogP contribution in [0.1, 0.15) is 51.2 Å². The first kappa shape index (κ1) is 21.3. The maximum Gasteiger partial charge on any atom is 0.296 e. The zero-order chi connectivity index (χ0) is 21.1. The molecule has 2 amide bonds. The Bertz CT molecular complexity index is 863. The summed E-state index contributed by atoms with van der Waals surface area (Å²) in [5.41, 5.74) is 0.675. The van der Waals surface area contributed by atoms with Crippen LogP contribution in [0, 0.1) is 11.8 Å². The topological polar surface area (TPSA) is 88.3 Å². The van der Waals surface area contributed by atoms with E-state index in [0.29, 0.717) is 29.5 Å². The van der Waals surface area contributed by atoms with Crippen molar-refractivity contribution in [3.8, 4) is 11.5 Å². The Morgan fingerprint density at radius 1 is 1.21 bits per heavy atom. The minimum Gasteiger partial charge on any atom is -0.350 e. The molecule has 0 spiro atoms. The van der Waals surface area contributed by atoms with Crippen molar-refractivity contribution in [2.75, 3.05) is 6.54 Å². The number of aromatic nitrogens is 2. The Morgan fingerprint density at radius 3 is 2.48 bits per heavy atom. The molecule has 1 fully saturated rings. The molecule has 1 N–H and O–H groups in total. The Morgan fingerprint density at radius 2 is 1.86 bits per heavy atom. The van der Waals surface area contributed by atoms with Gasteiger partial charge >= 0.3 is 0 Å². The van der Waals surface area contributed by atoms with E-state index in [-0.39, 0.29) is 35.5 Å². The lowest BCUT2D eigenvalue weighted by molar-refractivity contribution is -0.130. The number of carbonyl (C=O) groups is 2. The van der Waals surface area contributed by atoms with Gasteiger partial charge in [-0.1, -0.05) is 44.5 Å². The van der Waals surface area contributed by atoms with Gasteiger partial charge in [0.05, 0.1) is 0 Å². The average Bonchev–Trinajstić information content (AvgIpc) is 3.13. The molecule has 0 unspecified atom stereocenters. The molecule has 2 aromatic rings. The summed E-state index contributed by atoms with van der Waals surface area (Å²) in [5.74, 6) is 0.360. The highest BCUT2D eigenvalue weighted by atomic mass is 35.5. The van der Waals surface area contributed by atoms with Gasteiger partial charge in [0, 0.05) is 23.2 Å². The van der Waals surface area contributed by atoms with Crippen LogP contribution < -0.4 is 5.32 Å². The average molecular weight is 419 g/mol. The van der Waals surface area contributed by atoms with Crippen LogP contribution >= 0.6 is 11.6 Å². The van der Waals surface area contributed by atoms with Crippen LogP contribution in [0.4, 0.5) is 0 Å². The lowest BCUT2D eigenvalue weighted by Gasteiger charge is -2.40. The third-order valence-electron chi connectivity index (χ3n) is 4.86. The van der Waals surface area contributed by atoms with E-state index in [2.05, 4.69) is 29.3 Å². The number of piperazine rings is 1. The number of halogens is 1. The first-order chi connectivity index (χ1) is 13.7. The van der Waals surface area contributed by atoms with Gasteiger partial charge < -0.3 is 14.7 Å². The van der Waals surface area contributed by atoms with E-state index in [1.54, 1.807) is 29.2 Å². The summed E-state index contributed by atoms with van der Waals surface area (Å²) in [6.07, 6.45) is 1.38. The summed E-state index contributed by atoms with van der Waals surface area (Å²) >= 11 is 5.91. The fraction of sp³-hybridized carbons (Fsp3) is 0.524. The van der Waals surface area contributed by atoms with Crippen molar-refractivity contribution < 1.29 is 14.1 Å². The number of amides is 2. The Labute approximate surface area is 175 Å². The molecule has 1 aliphatic rings. The number of hydrogen-bond donors (Lipinski definition) is 1. The molecule has 8 heteroatoms. The molecular formula is C21H27ClN4O3. The van der Waals surface area contributed by atoms with E-state index >= 15 is 0 Å². The number of hydrogen-bond acceptors (Lipinski definition) is 5. The lowest BCUT2D eigenvalue weighted by atomic mass is 9.95. The first-order valence-corrected chi connectivity index (χ1v) is 10.3. The van der Waals surface area contributed by atoms with E-state index in [9.17, 15) is 9.59 Å². The maximum absolute atomic E-state index is 13.2. The second kappa shape index (κ2) is 8.95. The van der Waals surface area contributed by atoms with Gasteiger partial charge in [-0.15, -0.1) is 0 Å². The van der Waals surface area contributed by atoms with E-state index in [4.69, 9.17) is 16.1 Å². The van der Waals surface area contributed by atoms with Crippen LogP contribution in [0.5, 0.6) is 0 Å². The van der Waals surface area contributed by atoms with E-state index in [1.807, 2.05) is 13.8 Å². The van der Waals surface area contributed by atoms with E-state index < -0.39 is 6.04 Å². The van der Waals surface area contributed by atoms with Crippen molar-refractivity contribution in [3.05, 3.63) is 35.1 Å². The minimum absolute atomic E-state index is 0.0401. The monoisotopic (exact) mass is 418 g/mol. The Balaban J connectivity index is 1.85. The van der Waals surface area contributed by atoms with Crippen LogP contribution in [-0.2, 0) is 4.79 Å². The summed E-state index contributed by atoms with van der Waals surface area (Å²) in [4.78, 5) is 31.8. The van der Waals surface area contributed by atoms with Gasteiger partial charge in [0.1, 0.15) is 6.04 Å². The molecule has 2 heterocycles. The zero-order valence-electron chi connectivity index (χ0n) is 17.2.